The van der Waals surface area contributed by atoms with E-state index in [2.05, 4.69) is 10.4 Å². The van der Waals surface area contributed by atoms with E-state index in [1.807, 2.05) is 31.2 Å². The van der Waals surface area contributed by atoms with Crippen LogP contribution in [0.5, 0.6) is 0 Å². The van der Waals surface area contributed by atoms with Crippen molar-refractivity contribution >= 4 is 22.5 Å². The van der Waals surface area contributed by atoms with Crippen LogP contribution in [0, 0.1) is 12.8 Å². The van der Waals surface area contributed by atoms with Crippen LogP contribution in [-0.4, -0.2) is 19.9 Å². The molecule has 1 atom stereocenters. The van der Waals surface area contributed by atoms with Crippen molar-refractivity contribution in [3.63, 3.8) is 0 Å². The van der Waals surface area contributed by atoms with E-state index in [4.69, 9.17) is 0 Å². The third-order valence-corrected chi connectivity index (χ3v) is 6.12. The fourth-order valence-electron chi connectivity index (χ4n) is 3.54. The van der Waals surface area contributed by atoms with Gasteiger partial charge in [0.1, 0.15) is 5.82 Å². The summed E-state index contributed by atoms with van der Waals surface area (Å²) in [6.45, 7) is 2.04. The Morgan fingerprint density at radius 3 is 2.62 bits per heavy atom. The minimum absolute atomic E-state index is 0.0706. The lowest BCUT2D eigenvalue weighted by Gasteiger charge is -2.14. The van der Waals surface area contributed by atoms with Gasteiger partial charge in [-0.2, -0.15) is 5.10 Å². The van der Waals surface area contributed by atoms with Crippen molar-refractivity contribution in [2.75, 3.05) is 5.32 Å². The molecular weight excluding hydrogens is 322 g/mol. The highest BCUT2D eigenvalue weighted by molar-refractivity contribution is 7.83. The largest absolute Gasteiger partial charge is 0.310 e. The van der Waals surface area contributed by atoms with Crippen molar-refractivity contribution in [3.05, 3.63) is 41.1 Å². The molecule has 1 amide bonds. The summed E-state index contributed by atoms with van der Waals surface area (Å²) in [6.07, 6.45) is 4.16. The molecule has 2 heterocycles. The van der Waals surface area contributed by atoms with Gasteiger partial charge in [0.05, 0.1) is 22.9 Å². The summed E-state index contributed by atoms with van der Waals surface area (Å²) in [4.78, 5) is 12.6. The minimum Gasteiger partial charge on any atom is -0.310 e. The van der Waals surface area contributed by atoms with Crippen molar-refractivity contribution in [2.45, 2.75) is 44.1 Å². The second-order valence-electron chi connectivity index (χ2n) is 6.72. The van der Waals surface area contributed by atoms with E-state index in [0.717, 1.165) is 42.6 Å². The maximum absolute atomic E-state index is 12.6. The molecule has 0 unspecified atom stereocenters. The molecule has 1 aliphatic carbocycles. The van der Waals surface area contributed by atoms with Crippen molar-refractivity contribution in [2.24, 2.45) is 5.92 Å². The Kier molecular flexibility index (Phi) is 4.00. The van der Waals surface area contributed by atoms with Crippen LogP contribution in [0.4, 0.5) is 5.82 Å². The molecule has 6 heteroatoms. The molecule has 0 bridgehead atoms. The van der Waals surface area contributed by atoms with Crippen molar-refractivity contribution in [1.29, 1.82) is 0 Å². The second-order valence-corrected chi connectivity index (χ2v) is 8.18. The quantitative estimate of drug-likeness (QED) is 0.931. The molecule has 0 spiro atoms. The average molecular weight is 343 g/mol. The van der Waals surface area contributed by atoms with Crippen molar-refractivity contribution in [3.8, 4) is 5.69 Å². The Morgan fingerprint density at radius 2 is 1.92 bits per heavy atom. The molecule has 0 radical (unpaired) electrons. The van der Waals surface area contributed by atoms with Gasteiger partial charge in [0.25, 0.3) is 0 Å². The molecule has 1 fully saturated rings. The number of benzene rings is 1. The maximum atomic E-state index is 12.6. The first-order valence-corrected chi connectivity index (χ1v) is 9.94. The molecule has 126 valence electrons. The fourth-order valence-corrected chi connectivity index (χ4v) is 4.80. The van der Waals surface area contributed by atoms with Gasteiger partial charge in [-0.3, -0.25) is 9.00 Å². The lowest BCUT2D eigenvalue weighted by molar-refractivity contribution is -0.119. The van der Waals surface area contributed by atoms with Crippen LogP contribution in [0.2, 0.25) is 0 Å². The number of nitrogens with one attached hydrogen (secondary N) is 1. The van der Waals surface area contributed by atoms with Crippen LogP contribution in [0.25, 0.3) is 5.69 Å². The van der Waals surface area contributed by atoms with Gasteiger partial charge in [-0.25, -0.2) is 4.68 Å². The molecule has 4 rings (SSSR count). The summed E-state index contributed by atoms with van der Waals surface area (Å²) in [6, 6.07) is 8.06. The zero-order valence-corrected chi connectivity index (χ0v) is 14.6. The number of rotatable bonds is 3. The van der Waals surface area contributed by atoms with Crippen LogP contribution in [0.15, 0.2) is 24.3 Å². The third-order valence-electron chi connectivity index (χ3n) is 4.92. The first-order valence-electron chi connectivity index (χ1n) is 8.45. The molecule has 2 aliphatic rings. The number of hydrogen-bond acceptors (Lipinski definition) is 3. The Morgan fingerprint density at radius 1 is 1.21 bits per heavy atom. The van der Waals surface area contributed by atoms with Crippen molar-refractivity contribution < 1.29 is 9.00 Å². The number of anilines is 1. The molecule has 1 N–H and O–H groups in total. The van der Waals surface area contributed by atoms with Gasteiger partial charge in [0.2, 0.25) is 5.91 Å². The van der Waals surface area contributed by atoms with Crippen molar-refractivity contribution in [1.82, 2.24) is 9.78 Å². The Bertz CT molecular complexity index is 804. The number of nitrogens with zero attached hydrogens (tertiary/aromatic N) is 2. The number of aryl methyl sites for hydroxylation is 1. The Hall–Kier alpha value is -1.95. The van der Waals surface area contributed by atoms with Gasteiger partial charge in [0, 0.05) is 22.3 Å². The number of carbonyl (C=O) groups is 1. The summed E-state index contributed by atoms with van der Waals surface area (Å²) in [5.74, 6) is 1.81. The zero-order valence-electron chi connectivity index (χ0n) is 13.7. The Balaban J connectivity index is 1.71. The van der Waals surface area contributed by atoms with Crippen LogP contribution >= 0.6 is 0 Å². The van der Waals surface area contributed by atoms with E-state index >= 15 is 0 Å². The summed E-state index contributed by atoms with van der Waals surface area (Å²) < 4.78 is 13.7. The average Bonchev–Trinajstić information content (AvgIpc) is 3.26. The van der Waals surface area contributed by atoms with Gasteiger partial charge in [0.15, 0.2) is 0 Å². The summed E-state index contributed by atoms with van der Waals surface area (Å²) in [5.41, 5.74) is 3.87. The van der Waals surface area contributed by atoms with E-state index < -0.39 is 10.8 Å². The van der Waals surface area contributed by atoms with E-state index in [1.54, 1.807) is 4.68 Å². The van der Waals surface area contributed by atoms with E-state index in [-0.39, 0.29) is 11.8 Å². The van der Waals surface area contributed by atoms with E-state index in [0.29, 0.717) is 17.3 Å². The molecule has 1 aromatic heterocycles. The van der Waals surface area contributed by atoms with Gasteiger partial charge in [-0.05, 0) is 31.9 Å². The monoisotopic (exact) mass is 343 g/mol. The number of amides is 1. The molecule has 5 nitrogen and oxygen atoms in total. The number of hydrogen-bond donors (Lipinski definition) is 1. The summed E-state index contributed by atoms with van der Waals surface area (Å²) in [5, 5.41) is 7.72. The Labute approximate surface area is 143 Å². The van der Waals surface area contributed by atoms with Gasteiger partial charge < -0.3 is 5.32 Å². The van der Waals surface area contributed by atoms with Gasteiger partial charge in [-0.15, -0.1) is 0 Å². The van der Waals surface area contributed by atoms with Gasteiger partial charge >= 0.3 is 0 Å². The first kappa shape index (κ1) is 15.6. The number of aromatic nitrogens is 2. The first-order chi connectivity index (χ1) is 11.6. The van der Waals surface area contributed by atoms with Crippen LogP contribution in [-0.2, 0) is 27.1 Å². The molecule has 24 heavy (non-hydrogen) atoms. The summed E-state index contributed by atoms with van der Waals surface area (Å²) >= 11 is 0. The smallest absolute Gasteiger partial charge is 0.228 e. The van der Waals surface area contributed by atoms with Crippen LogP contribution < -0.4 is 5.32 Å². The number of fused-ring (bicyclic) bond motifs is 1. The SMILES string of the molecule is Cc1ccc(-n2nc3c(c2NC(=O)C2CCCC2)C[S@@](=O)C3)cc1. The normalized spacial score (nSPS) is 20.3. The van der Waals surface area contributed by atoms with Gasteiger partial charge in [-0.1, -0.05) is 30.5 Å². The predicted molar refractivity (Wildman–Crippen MR) is 94.4 cm³/mol. The molecule has 1 aromatic carbocycles. The minimum atomic E-state index is -0.911. The van der Waals surface area contributed by atoms with E-state index in [1.165, 1.54) is 5.56 Å². The lowest BCUT2D eigenvalue weighted by Crippen LogP contribution is -2.22. The highest BCUT2D eigenvalue weighted by atomic mass is 32.2. The maximum Gasteiger partial charge on any atom is 0.228 e. The molecule has 1 saturated carbocycles. The highest BCUT2D eigenvalue weighted by Gasteiger charge is 2.30. The third kappa shape index (κ3) is 2.79. The summed E-state index contributed by atoms with van der Waals surface area (Å²) in [7, 11) is -0.911. The molecule has 2 aromatic rings. The van der Waals surface area contributed by atoms with Crippen LogP contribution in [0.1, 0.15) is 42.5 Å². The van der Waals surface area contributed by atoms with E-state index in [9.17, 15) is 9.00 Å². The zero-order chi connectivity index (χ0) is 16.7. The number of carbonyl (C=O) groups excluding carboxylic acids is 1. The fraction of sp³-hybridized carbons (Fsp3) is 0.444. The predicted octanol–water partition coefficient (Wildman–Crippen LogP) is 3.07. The van der Waals surface area contributed by atoms with Crippen LogP contribution in [0.3, 0.4) is 0 Å². The molecule has 0 saturated heterocycles. The molecular formula is C18H21N3O2S. The molecule has 1 aliphatic heterocycles. The highest BCUT2D eigenvalue weighted by Crippen LogP contribution is 2.33. The topological polar surface area (TPSA) is 64.0 Å². The standard InChI is InChI=1S/C18H21N3O2S/c1-12-6-8-14(9-7-12)21-17(15-10-24(23)11-16(15)20-21)19-18(22)13-4-2-3-5-13/h6-9,13H,2-5,10-11H2,1H3,(H,19,22)/t24-/m1/s1. The lowest BCUT2D eigenvalue weighted by atomic mass is 10.1. The second kappa shape index (κ2) is 6.16.